The Morgan fingerprint density at radius 2 is 1.26 bits per heavy atom. The van der Waals surface area contributed by atoms with Crippen LogP contribution in [0.4, 0.5) is 0 Å². The van der Waals surface area contributed by atoms with Crippen molar-refractivity contribution in [1.82, 2.24) is 0 Å². The first-order valence-corrected chi connectivity index (χ1v) is 10.5. The van der Waals surface area contributed by atoms with Crippen molar-refractivity contribution in [1.29, 1.82) is 0 Å². The molecule has 0 saturated heterocycles. The van der Waals surface area contributed by atoms with Gasteiger partial charge in [0.1, 0.15) is 0 Å². The zero-order valence-electron chi connectivity index (χ0n) is 19.9. The van der Waals surface area contributed by atoms with Crippen LogP contribution in [-0.2, 0) is 37.0 Å². The van der Waals surface area contributed by atoms with E-state index in [4.69, 9.17) is 0 Å². The van der Waals surface area contributed by atoms with Crippen LogP contribution in [0.15, 0.2) is 60.2 Å². The van der Waals surface area contributed by atoms with Crippen molar-refractivity contribution in [2.24, 2.45) is 0 Å². The van der Waals surface area contributed by atoms with E-state index in [-0.39, 0.29) is 61.8 Å². The van der Waals surface area contributed by atoms with E-state index in [1.165, 1.54) is 38.2 Å². The van der Waals surface area contributed by atoms with Crippen molar-refractivity contribution < 1.29 is 51.0 Å². The van der Waals surface area contributed by atoms with E-state index >= 15 is 0 Å². The van der Waals surface area contributed by atoms with Crippen LogP contribution in [0.2, 0.25) is 0 Å². The van der Waals surface area contributed by atoms with Gasteiger partial charge in [-0.2, -0.15) is 6.08 Å². The number of benzene rings is 2. The number of fused-ring (bicyclic) bond motifs is 3. The van der Waals surface area contributed by atoms with Gasteiger partial charge in [-0.15, -0.1) is 46.2 Å². The first kappa shape index (κ1) is 30.3. The molecular formula is C28H34Cl2Zr. The molecule has 0 N–H and O–H groups in total. The average Bonchev–Trinajstić information content (AvgIpc) is 3.26. The Kier molecular flexibility index (Phi) is 11.6. The van der Waals surface area contributed by atoms with Crippen LogP contribution in [0.1, 0.15) is 72.4 Å². The average molecular weight is 533 g/mol. The third kappa shape index (κ3) is 7.38. The summed E-state index contributed by atoms with van der Waals surface area (Å²) in [6, 6.07) is 16.2. The fourth-order valence-electron chi connectivity index (χ4n) is 3.65. The second kappa shape index (κ2) is 11.9. The Morgan fingerprint density at radius 3 is 1.55 bits per heavy atom. The van der Waals surface area contributed by atoms with Gasteiger partial charge in [0.2, 0.25) is 0 Å². The van der Waals surface area contributed by atoms with Gasteiger partial charge in [-0.3, -0.25) is 6.08 Å². The predicted octanol–water partition coefficient (Wildman–Crippen LogP) is 2.40. The Morgan fingerprint density at radius 1 is 0.806 bits per heavy atom. The third-order valence-electron chi connectivity index (χ3n) is 5.58. The molecule has 1 aliphatic carbocycles. The van der Waals surface area contributed by atoms with E-state index < -0.39 is 0 Å². The number of rotatable bonds is 1. The zero-order chi connectivity index (χ0) is 20.5. The quantitative estimate of drug-likeness (QED) is 0.423. The van der Waals surface area contributed by atoms with Crippen molar-refractivity contribution in [3.63, 3.8) is 0 Å². The predicted molar refractivity (Wildman–Crippen MR) is 125 cm³/mol. The smallest absolute Gasteiger partial charge is 1.00 e. The van der Waals surface area contributed by atoms with Crippen LogP contribution in [0, 0.1) is 6.08 Å². The topological polar surface area (TPSA) is 0 Å². The summed E-state index contributed by atoms with van der Waals surface area (Å²) in [6.07, 6.45) is 9.65. The van der Waals surface area contributed by atoms with Crippen LogP contribution in [0.3, 0.4) is 0 Å². The molecule has 3 aromatic carbocycles. The molecule has 0 spiro atoms. The first-order valence-electron chi connectivity index (χ1n) is 10.5. The molecule has 0 nitrogen and oxygen atoms in total. The van der Waals surface area contributed by atoms with Gasteiger partial charge < -0.3 is 24.8 Å². The van der Waals surface area contributed by atoms with Crippen molar-refractivity contribution >= 4 is 21.5 Å². The molecule has 3 aromatic rings. The maximum Gasteiger partial charge on any atom is 4.00 e. The number of hydrogen-bond acceptors (Lipinski definition) is 0. The molecule has 0 unspecified atom stereocenters. The molecule has 1 aliphatic rings. The molecular weight excluding hydrogens is 498 g/mol. The summed E-state index contributed by atoms with van der Waals surface area (Å²) >= 11 is 0. The molecule has 0 amide bonds. The molecule has 0 radical (unpaired) electrons. The summed E-state index contributed by atoms with van der Waals surface area (Å²) in [4.78, 5) is 0. The molecule has 0 heterocycles. The molecule has 164 valence electrons. The van der Waals surface area contributed by atoms with Gasteiger partial charge in [0.05, 0.1) is 0 Å². The minimum atomic E-state index is 0. The van der Waals surface area contributed by atoms with E-state index in [9.17, 15) is 0 Å². The number of halogens is 2. The van der Waals surface area contributed by atoms with Crippen LogP contribution in [-0.4, -0.2) is 0 Å². The van der Waals surface area contributed by atoms with Gasteiger partial charge in [-0.1, -0.05) is 90.3 Å². The second-order valence-electron chi connectivity index (χ2n) is 9.91. The normalized spacial score (nSPS) is 12.9. The Balaban J connectivity index is 0.000000777. The summed E-state index contributed by atoms with van der Waals surface area (Å²) in [5.41, 5.74) is 4.57. The molecule has 3 heteroatoms. The fraction of sp³-hybridized carbons (Fsp3) is 0.393. The van der Waals surface area contributed by atoms with Crippen molar-refractivity contribution in [3.8, 4) is 0 Å². The van der Waals surface area contributed by atoms with Crippen LogP contribution in [0.5, 0.6) is 0 Å². The maximum atomic E-state index is 3.21. The van der Waals surface area contributed by atoms with Crippen molar-refractivity contribution in [2.45, 2.75) is 72.1 Å². The fourth-order valence-corrected chi connectivity index (χ4v) is 3.65. The minimum absolute atomic E-state index is 0. The molecule has 0 aromatic heterocycles. The van der Waals surface area contributed by atoms with Gasteiger partial charge in [-0.05, 0) is 10.8 Å². The van der Waals surface area contributed by atoms with Crippen molar-refractivity contribution in [2.75, 3.05) is 0 Å². The van der Waals surface area contributed by atoms with Crippen LogP contribution < -0.4 is 24.8 Å². The van der Waals surface area contributed by atoms with E-state index in [0.29, 0.717) is 0 Å². The van der Waals surface area contributed by atoms with E-state index in [2.05, 4.69) is 109 Å². The standard InChI is InChI=1S/C21H25.C7H9.2ClH.Zr/c1-20(2,3)16-7-9-18-14(12-16)11-15-13-17(21(4,5)6)8-10-19(15)18;1-2-7-5-3-4-6-7;;;/h7-13H,1-6H3;3,5H,2,4H2,1H3;2*1H;/q2*-1;;;+4/p-2. The van der Waals surface area contributed by atoms with Gasteiger partial charge in [-0.25, -0.2) is 11.6 Å². The summed E-state index contributed by atoms with van der Waals surface area (Å²) in [7, 11) is 0. The Labute approximate surface area is 220 Å². The molecule has 0 atom stereocenters. The molecule has 4 rings (SSSR count). The van der Waals surface area contributed by atoms with E-state index in [1.54, 1.807) is 0 Å². The van der Waals surface area contributed by atoms with E-state index in [0.717, 1.165) is 12.8 Å². The molecule has 0 aliphatic heterocycles. The molecule has 0 saturated carbocycles. The number of hydrogen-bond donors (Lipinski definition) is 0. The van der Waals surface area contributed by atoms with Gasteiger partial charge in [0, 0.05) is 0 Å². The first-order chi connectivity index (χ1) is 13.1. The molecule has 31 heavy (non-hydrogen) atoms. The molecule has 0 fully saturated rings. The number of allylic oxidation sites excluding steroid dienone is 4. The van der Waals surface area contributed by atoms with Crippen molar-refractivity contribution in [3.05, 3.63) is 77.4 Å². The SMILES string of the molecule is CC(C)(C)c1ccc2c(c1)[cH-]c1cc(C(C)(C)C)ccc12.CCC1=[C-]CC=C1.[Cl-].[Cl-].[Zr+4]. The minimum Gasteiger partial charge on any atom is -1.00 e. The van der Waals surface area contributed by atoms with Gasteiger partial charge in [0.15, 0.2) is 0 Å². The molecule has 0 bridgehead atoms. The van der Waals surface area contributed by atoms with Crippen LogP contribution >= 0.6 is 0 Å². The monoisotopic (exact) mass is 530 g/mol. The Hall–Kier alpha value is -0.747. The van der Waals surface area contributed by atoms with Crippen LogP contribution in [0.25, 0.3) is 21.5 Å². The van der Waals surface area contributed by atoms with Gasteiger partial charge in [0.25, 0.3) is 0 Å². The Bertz CT molecular complexity index is 972. The summed E-state index contributed by atoms with van der Waals surface area (Å²) < 4.78 is 0. The third-order valence-corrected chi connectivity index (χ3v) is 5.58. The van der Waals surface area contributed by atoms with Gasteiger partial charge >= 0.3 is 26.2 Å². The largest absolute Gasteiger partial charge is 4.00 e. The summed E-state index contributed by atoms with van der Waals surface area (Å²) in [5, 5.41) is 5.48. The second-order valence-corrected chi connectivity index (χ2v) is 9.91. The zero-order valence-corrected chi connectivity index (χ0v) is 23.8. The summed E-state index contributed by atoms with van der Waals surface area (Å²) in [6.45, 7) is 15.8. The van der Waals surface area contributed by atoms with E-state index in [1.807, 2.05) is 0 Å². The summed E-state index contributed by atoms with van der Waals surface area (Å²) in [5.74, 6) is 0. The maximum absolute atomic E-state index is 3.21.